The molecule has 0 aromatic carbocycles. The van der Waals surface area contributed by atoms with E-state index in [0.29, 0.717) is 13.1 Å². The van der Waals surface area contributed by atoms with Crippen molar-refractivity contribution < 1.29 is 4.79 Å². The monoisotopic (exact) mass is 331 g/mol. The molecule has 1 atom stereocenters. The number of imidazole rings is 1. The molecule has 0 unspecified atom stereocenters. The van der Waals surface area contributed by atoms with Crippen molar-refractivity contribution >= 4 is 6.03 Å². The SMILES string of the molecule is CC(C)(C)[C@H](Cn1ccnc1)NC(=O)NCc1nnc2n1CCC2. The highest BCUT2D eigenvalue weighted by atomic mass is 16.2. The molecular weight excluding hydrogens is 306 g/mol. The minimum absolute atomic E-state index is 0.0178. The van der Waals surface area contributed by atoms with E-state index >= 15 is 0 Å². The molecule has 1 aliphatic heterocycles. The van der Waals surface area contributed by atoms with Gasteiger partial charge in [0.05, 0.1) is 18.9 Å². The zero-order chi connectivity index (χ0) is 17.2. The Hall–Kier alpha value is -2.38. The molecule has 0 aliphatic carbocycles. The Kier molecular flexibility index (Phi) is 4.55. The summed E-state index contributed by atoms with van der Waals surface area (Å²) in [6.07, 6.45) is 7.47. The zero-order valence-electron chi connectivity index (χ0n) is 14.5. The van der Waals surface area contributed by atoms with Crippen LogP contribution in [0.2, 0.25) is 0 Å². The number of hydrogen-bond donors (Lipinski definition) is 2. The van der Waals surface area contributed by atoms with Crippen molar-refractivity contribution in [2.45, 2.75) is 59.3 Å². The number of fused-ring (bicyclic) bond motifs is 1. The van der Waals surface area contributed by atoms with Crippen LogP contribution in [0.4, 0.5) is 4.79 Å². The molecule has 3 heterocycles. The lowest BCUT2D eigenvalue weighted by atomic mass is 9.86. The van der Waals surface area contributed by atoms with Crippen molar-refractivity contribution in [3.63, 3.8) is 0 Å². The van der Waals surface area contributed by atoms with Crippen LogP contribution in [-0.2, 0) is 26.1 Å². The number of carbonyl (C=O) groups excluding carboxylic acids is 1. The van der Waals surface area contributed by atoms with Gasteiger partial charge in [-0.2, -0.15) is 0 Å². The molecule has 0 fully saturated rings. The largest absolute Gasteiger partial charge is 0.335 e. The molecular formula is C16H25N7O. The predicted octanol–water partition coefficient (Wildman–Crippen LogP) is 1.33. The second kappa shape index (κ2) is 6.62. The average Bonchev–Trinajstić information content (AvgIpc) is 3.22. The molecule has 0 spiro atoms. The third-order valence-electron chi connectivity index (χ3n) is 4.40. The van der Waals surface area contributed by atoms with Crippen molar-refractivity contribution in [3.05, 3.63) is 30.4 Å². The molecule has 0 saturated heterocycles. The number of rotatable bonds is 5. The summed E-state index contributed by atoms with van der Waals surface area (Å²) in [4.78, 5) is 16.4. The maximum atomic E-state index is 12.3. The van der Waals surface area contributed by atoms with E-state index in [1.807, 2.05) is 10.8 Å². The van der Waals surface area contributed by atoms with E-state index < -0.39 is 0 Å². The molecule has 1 aliphatic rings. The first-order chi connectivity index (χ1) is 11.4. The molecule has 3 rings (SSSR count). The van der Waals surface area contributed by atoms with Gasteiger partial charge in [-0.05, 0) is 11.8 Å². The number of carbonyl (C=O) groups is 1. The van der Waals surface area contributed by atoms with Crippen LogP contribution >= 0.6 is 0 Å². The molecule has 8 nitrogen and oxygen atoms in total. The topological polar surface area (TPSA) is 89.7 Å². The lowest BCUT2D eigenvalue weighted by Crippen LogP contribution is -2.49. The van der Waals surface area contributed by atoms with Gasteiger partial charge in [-0.3, -0.25) is 0 Å². The summed E-state index contributed by atoms with van der Waals surface area (Å²) in [5, 5.41) is 14.3. The number of aryl methyl sites for hydroxylation is 1. The Morgan fingerprint density at radius 3 is 2.92 bits per heavy atom. The van der Waals surface area contributed by atoms with E-state index in [1.165, 1.54) is 0 Å². The minimum atomic E-state index is -0.189. The normalized spacial score (nSPS) is 15.1. The third kappa shape index (κ3) is 3.74. The van der Waals surface area contributed by atoms with Crippen LogP contribution in [0.15, 0.2) is 18.7 Å². The highest BCUT2D eigenvalue weighted by molar-refractivity contribution is 5.74. The minimum Gasteiger partial charge on any atom is -0.335 e. The smallest absolute Gasteiger partial charge is 0.315 e. The lowest BCUT2D eigenvalue weighted by Gasteiger charge is -2.31. The Morgan fingerprint density at radius 2 is 2.21 bits per heavy atom. The van der Waals surface area contributed by atoms with Gasteiger partial charge in [-0.25, -0.2) is 9.78 Å². The van der Waals surface area contributed by atoms with Crippen molar-refractivity contribution in [3.8, 4) is 0 Å². The number of amides is 2. The number of hydrogen-bond acceptors (Lipinski definition) is 4. The zero-order valence-corrected chi connectivity index (χ0v) is 14.5. The van der Waals surface area contributed by atoms with Gasteiger partial charge in [-0.1, -0.05) is 20.8 Å². The highest BCUT2D eigenvalue weighted by Gasteiger charge is 2.27. The quantitative estimate of drug-likeness (QED) is 0.865. The fourth-order valence-corrected chi connectivity index (χ4v) is 2.85. The van der Waals surface area contributed by atoms with Crippen LogP contribution < -0.4 is 10.6 Å². The van der Waals surface area contributed by atoms with Crippen LogP contribution in [0.25, 0.3) is 0 Å². The predicted molar refractivity (Wildman–Crippen MR) is 89.2 cm³/mol. The number of aromatic nitrogens is 5. The van der Waals surface area contributed by atoms with Gasteiger partial charge in [-0.15, -0.1) is 10.2 Å². The van der Waals surface area contributed by atoms with Gasteiger partial charge in [0, 0.05) is 31.9 Å². The summed E-state index contributed by atoms with van der Waals surface area (Å²) < 4.78 is 4.06. The van der Waals surface area contributed by atoms with Crippen molar-refractivity contribution in [1.29, 1.82) is 0 Å². The Balaban J connectivity index is 1.57. The van der Waals surface area contributed by atoms with E-state index in [0.717, 1.165) is 31.0 Å². The maximum Gasteiger partial charge on any atom is 0.315 e. The van der Waals surface area contributed by atoms with E-state index in [9.17, 15) is 4.79 Å². The third-order valence-corrected chi connectivity index (χ3v) is 4.40. The molecule has 2 aromatic heterocycles. The van der Waals surface area contributed by atoms with E-state index in [-0.39, 0.29) is 17.5 Å². The van der Waals surface area contributed by atoms with Crippen molar-refractivity contribution in [2.24, 2.45) is 5.41 Å². The number of nitrogens with zero attached hydrogens (tertiary/aromatic N) is 5. The molecule has 0 radical (unpaired) electrons. The Bertz CT molecular complexity index is 684. The average molecular weight is 331 g/mol. The second-order valence-electron chi connectivity index (χ2n) is 7.29. The fraction of sp³-hybridized carbons (Fsp3) is 0.625. The summed E-state index contributed by atoms with van der Waals surface area (Å²) >= 11 is 0. The molecule has 2 N–H and O–H groups in total. The Morgan fingerprint density at radius 1 is 1.38 bits per heavy atom. The molecule has 2 amide bonds. The molecule has 24 heavy (non-hydrogen) atoms. The summed E-state index contributed by atoms with van der Waals surface area (Å²) in [6, 6.07) is -0.207. The molecule has 0 bridgehead atoms. The molecule has 8 heteroatoms. The van der Waals surface area contributed by atoms with Gasteiger partial charge in [0.15, 0.2) is 5.82 Å². The van der Waals surface area contributed by atoms with Gasteiger partial charge in [0.2, 0.25) is 0 Å². The van der Waals surface area contributed by atoms with E-state index in [4.69, 9.17) is 0 Å². The molecule has 2 aromatic rings. The van der Waals surface area contributed by atoms with Gasteiger partial charge >= 0.3 is 6.03 Å². The first kappa shape index (κ1) is 16.5. The summed E-state index contributed by atoms with van der Waals surface area (Å²) in [7, 11) is 0. The maximum absolute atomic E-state index is 12.3. The van der Waals surface area contributed by atoms with Crippen LogP contribution in [-0.4, -0.2) is 36.4 Å². The highest BCUT2D eigenvalue weighted by Crippen LogP contribution is 2.20. The molecule has 0 saturated carbocycles. The first-order valence-electron chi connectivity index (χ1n) is 8.34. The van der Waals surface area contributed by atoms with Crippen LogP contribution in [0.5, 0.6) is 0 Å². The summed E-state index contributed by atoms with van der Waals surface area (Å²) in [6.45, 7) is 8.34. The van der Waals surface area contributed by atoms with E-state index in [1.54, 1.807) is 12.5 Å². The van der Waals surface area contributed by atoms with Gasteiger partial charge in [0.1, 0.15) is 5.82 Å². The van der Waals surface area contributed by atoms with Gasteiger partial charge in [0.25, 0.3) is 0 Å². The fourth-order valence-electron chi connectivity index (χ4n) is 2.85. The van der Waals surface area contributed by atoms with E-state index in [2.05, 4.69) is 51.2 Å². The van der Waals surface area contributed by atoms with Crippen molar-refractivity contribution in [2.75, 3.05) is 0 Å². The molecule has 130 valence electrons. The standard InChI is InChI=1S/C16H25N7O/c1-16(2,3)12(10-22-8-6-17-11-22)19-15(24)18-9-14-21-20-13-5-4-7-23(13)14/h6,8,11-12H,4-5,7,9-10H2,1-3H3,(H2,18,19,24)/t12-/m0/s1. The first-order valence-corrected chi connectivity index (χ1v) is 8.34. The number of nitrogens with one attached hydrogen (secondary N) is 2. The lowest BCUT2D eigenvalue weighted by molar-refractivity contribution is 0.208. The van der Waals surface area contributed by atoms with Crippen LogP contribution in [0.1, 0.15) is 38.8 Å². The van der Waals surface area contributed by atoms with Crippen molar-refractivity contribution in [1.82, 2.24) is 34.9 Å². The van der Waals surface area contributed by atoms with Gasteiger partial charge < -0.3 is 19.8 Å². The second-order valence-corrected chi connectivity index (χ2v) is 7.29. The summed E-state index contributed by atoms with van der Waals surface area (Å²) in [5.41, 5.74) is -0.0717. The number of urea groups is 1. The Labute approximate surface area is 141 Å². The van der Waals surface area contributed by atoms with Crippen LogP contribution in [0.3, 0.4) is 0 Å². The summed E-state index contributed by atoms with van der Waals surface area (Å²) in [5.74, 6) is 1.83. The van der Waals surface area contributed by atoms with Crippen LogP contribution in [0, 0.1) is 5.41 Å².